The number of halogens is 2. The third-order valence-corrected chi connectivity index (χ3v) is 11.7. The Kier molecular flexibility index (Phi) is 11.1. The van der Waals surface area contributed by atoms with Crippen LogP contribution in [0.15, 0.2) is 102 Å². The number of H-pyrrole nitrogens is 2. The molecule has 0 aliphatic carbocycles. The van der Waals surface area contributed by atoms with E-state index in [4.69, 9.17) is 27.9 Å². The molecule has 0 saturated carbocycles. The zero-order chi connectivity index (χ0) is 36.1. The first-order valence-electron chi connectivity index (χ1n) is 17.2. The molecule has 0 radical (unpaired) electrons. The molecule has 13 heteroatoms. The van der Waals surface area contributed by atoms with Gasteiger partial charge >= 0.3 is 0 Å². The van der Waals surface area contributed by atoms with Gasteiger partial charge in [-0.1, -0.05) is 59.6 Å². The fourth-order valence-electron chi connectivity index (χ4n) is 6.86. The van der Waals surface area contributed by atoms with E-state index in [2.05, 4.69) is 62.4 Å². The lowest BCUT2D eigenvalue weighted by atomic mass is 10.0. The minimum Gasteiger partial charge on any atom is -0.456 e. The highest BCUT2D eigenvalue weighted by atomic mass is 35.5. The molecular formula is C39H39Cl2N7O3S. The first-order chi connectivity index (χ1) is 25.3. The molecule has 2 aromatic heterocycles. The molecule has 2 fully saturated rings. The van der Waals surface area contributed by atoms with Gasteiger partial charge < -0.3 is 30.7 Å². The smallest absolute Gasteiger partial charge is 0.246 e. The van der Waals surface area contributed by atoms with E-state index in [-0.39, 0.29) is 28.8 Å². The minimum absolute atomic E-state index is 0.0783. The summed E-state index contributed by atoms with van der Waals surface area (Å²) in [4.78, 5) is 6.52. The fraction of sp³-hybridized carbons (Fsp3) is 0.256. The summed E-state index contributed by atoms with van der Waals surface area (Å²) in [6, 6.07) is 28.0. The van der Waals surface area contributed by atoms with Gasteiger partial charge in [0.1, 0.15) is 16.4 Å². The van der Waals surface area contributed by atoms with Crippen LogP contribution in [0.3, 0.4) is 0 Å². The maximum absolute atomic E-state index is 13.8. The maximum Gasteiger partial charge on any atom is 0.246 e. The third kappa shape index (κ3) is 8.30. The Bertz CT molecular complexity index is 2310. The molecule has 268 valence electrons. The molecule has 2 atom stereocenters. The monoisotopic (exact) mass is 755 g/mol. The SMILES string of the molecule is N#Cc1ccc(Oc2cc(Cl)cc(Cl)c2)c(S(=O)(=O)N2CCN[C@@H](Cc3c[nH]c4ccccc34)C2)c1.c1ccc2c(C[C@H]3CNCCN3)c[nH]c2c1. The summed E-state index contributed by atoms with van der Waals surface area (Å²) in [5.74, 6) is 0.394. The van der Waals surface area contributed by atoms with Crippen molar-refractivity contribution in [3.63, 3.8) is 0 Å². The highest BCUT2D eigenvalue weighted by Gasteiger charge is 2.33. The van der Waals surface area contributed by atoms with Crippen molar-refractivity contribution in [2.24, 2.45) is 0 Å². The van der Waals surface area contributed by atoms with Crippen molar-refractivity contribution in [1.29, 1.82) is 5.26 Å². The molecule has 0 bridgehead atoms. The molecule has 8 rings (SSSR count). The van der Waals surface area contributed by atoms with E-state index in [0.29, 0.717) is 41.3 Å². The van der Waals surface area contributed by atoms with Gasteiger partial charge in [-0.25, -0.2) is 8.42 Å². The third-order valence-electron chi connectivity index (χ3n) is 9.38. The van der Waals surface area contributed by atoms with Gasteiger partial charge in [0.15, 0.2) is 0 Å². The van der Waals surface area contributed by atoms with Crippen molar-refractivity contribution in [2.45, 2.75) is 29.8 Å². The summed E-state index contributed by atoms with van der Waals surface area (Å²) in [7, 11) is -3.98. The molecule has 0 spiro atoms. The second-order valence-electron chi connectivity index (χ2n) is 13.0. The minimum atomic E-state index is -3.98. The van der Waals surface area contributed by atoms with Gasteiger partial charge in [-0.3, -0.25) is 0 Å². The van der Waals surface area contributed by atoms with E-state index in [1.165, 1.54) is 39.0 Å². The standard InChI is InChI=1S/C26H22Cl2N4O3S.C13H17N3/c27-19-11-20(28)13-22(12-19)35-25-6-5-17(14-29)9-26(25)36(33,34)32-8-7-30-21(16-32)10-18-15-31-24-4-2-1-3-23(18)24;1-2-4-13-12(3-1)10(8-16-13)7-11-9-14-5-6-15-11/h1-6,9,11-13,15,21,30-31H,7-8,10,16H2;1-4,8,11,14-16H,5-7,9H2/t21-;11-/m00/s1. The van der Waals surface area contributed by atoms with Crippen LogP contribution in [0.4, 0.5) is 0 Å². The molecule has 2 saturated heterocycles. The molecule has 2 aliphatic rings. The van der Waals surface area contributed by atoms with Gasteiger partial charge in [-0.05, 0) is 72.5 Å². The zero-order valence-electron chi connectivity index (χ0n) is 28.3. The number of nitrogens with zero attached hydrogens (tertiary/aromatic N) is 2. The molecular weight excluding hydrogens is 717 g/mol. The average molecular weight is 757 g/mol. The second kappa shape index (κ2) is 16.1. The molecule has 4 heterocycles. The normalized spacial score (nSPS) is 18.1. The first kappa shape index (κ1) is 36.0. The van der Waals surface area contributed by atoms with Crippen molar-refractivity contribution < 1.29 is 13.2 Å². The van der Waals surface area contributed by atoms with Gasteiger partial charge in [0.2, 0.25) is 10.0 Å². The number of rotatable bonds is 8. The fourth-order valence-corrected chi connectivity index (χ4v) is 8.99. The lowest BCUT2D eigenvalue weighted by Crippen LogP contribution is -2.53. The van der Waals surface area contributed by atoms with Crippen molar-refractivity contribution in [3.8, 4) is 17.6 Å². The zero-order valence-corrected chi connectivity index (χ0v) is 30.7. The van der Waals surface area contributed by atoms with Crippen LogP contribution in [0.25, 0.3) is 21.8 Å². The molecule has 6 aromatic rings. The lowest BCUT2D eigenvalue weighted by Gasteiger charge is -2.33. The van der Waals surface area contributed by atoms with Gasteiger partial charge in [-0.15, -0.1) is 0 Å². The number of nitrogens with one attached hydrogen (secondary N) is 5. The first-order valence-corrected chi connectivity index (χ1v) is 19.4. The van der Waals surface area contributed by atoms with E-state index < -0.39 is 10.0 Å². The molecule has 2 aliphatic heterocycles. The molecule has 5 N–H and O–H groups in total. The topological polar surface area (TPSA) is 138 Å². The maximum atomic E-state index is 13.8. The number of aromatic amines is 2. The highest BCUT2D eigenvalue weighted by Crippen LogP contribution is 2.35. The Labute approximate surface area is 313 Å². The molecule has 4 aromatic carbocycles. The number of benzene rings is 4. The van der Waals surface area contributed by atoms with Gasteiger partial charge in [0, 0.05) is 95.6 Å². The number of sulfonamides is 1. The van der Waals surface area contributed by atoms with Crippen LogP contribution >= 0.6 is 23.2 Å². The van der Waals surface area contributed by atoms with Crippen LogP contribution < -0.4 is 20.7 Å². The Morgan fingerprint density at radius 1 is 0.788 bits per heavy atom. The second-order valence-corrected chi connectivity index (χ2v) is 15.8. The summed E-state index contributed by atoms with van der Waals surface area (Å²) in [5, 5.41) is 23.0. The summed E-state index contributed by atoms with van der Waals surface area (Å²) in [5.41, 5.74) is 5.04. The van der Waals surface area contributed by atoms with E-state index in [9.17, 15) is 13.7 Å². The number of fused-ring (bicyclic) bond motifs is 2. The van der Waals surface area contributed by atoms with Crippen molar-refractivity contribution in [3.05, 3.63) is 124 Å². The highest BCUT2D eigenvalue weighted by molar-refractivity contribution is 7.89. The quantitative estimate of drug-likeness (QED) is 0.118. The summed E-state index contributed by atoms with van der Waals surface area (Å²) < 4.78 is 35.0. The van der Waals surface area contributed by atoms with Crippen molar-refractivity contribution in [2.75, 3.05) is 39.3 Å². The molecule has 52 heavy (non-hydrogen) atoms. The van der Waals surface area contributed by atoms with Crippen LogP contribution in [0, 0.1) is 11.3 Å². The number of piperazine rings is 2. The molecule has 0 amide bonds. The van der Waals surface area contributed by atoms with Gasteiger partial charge in [0.25, 0.3) is 0 Å². The summed E-state index contributed by atoms with van der Waals surface area (Å²) >= 11 is 12.2. The number of hydrogen-bond donors (Lipinski definition) is 5. The van der Waals surface area contributed by atoms with Gasteiger partial charge in [0.05, 0.1) is 11.6 Å². The van der Waals surface area contributed by atoms with Gasteiger partial charge in [-0.2, -0.15) is 9.57 Å². The Morgan fingerprint density at radius 2 is 1.42 bits per heavy atom. The van der Waals surface area contributed by atoms with Crippen molar-refractivity contribution >= 4 is 55.0 Å². The van der Waals surface area contributed by atoms with Crippen LogP contribution in [0.5, 0.6) is 11.5 Å². The summed E-state index contributed by atoms with van der Waals surface area (Å²) in [6.07, 6.45) is 5.87. The number of ether oxygens (including phenoxy) is 1. The number of hydrogen-bond acceptors (Lipinski definition) is 7. The van der Waals surface area contributed by atoms with E-state index in [0.717, 1.165) is 42.5 Å². The number of aromatic nitrogens is 2. The van der Waals surface area contributed by atoms with Crippen LogP contribution in [0.2, 0.25) is 10.0 Å². The number of para-hydroxylation sites is 2. The van der Waals surface area contributed by atoms with E-state index >= 15 is 0 Å². The molecule has 0 unspecified atom stereocenters. The molecule has 10 nitrogen and oxygen atoms in total. The van der Waals surface area contributed by atoms with Crippen LogP contribution in [-0.4, -0.2) is 74.0 Å². The predicted octanol–water partition coefficient (Wildman–Crippen LogP) is 6.62. The van der Waals surface area contributed by atoms with E-state index in [1.807, 2.05) is 30.5 Å². The average Bonchev–Trinajstić information content (AvgIpc) is 3.76. The largest absolute Gasteiger partial charge is 0.456 e. The number of nitriles is 1. The Morgan fingerprint density at radius 3 is 2.06 bits per heavy atom. The predicted molar refractivity (Wildman–Crippen MR) is 207 cm³/mol. The van der Waals surface area contributed by atoms with Crippen molar-refractivity contribution in [1.82, 2.24) is 30.2 Å². The Hall–Kier alpha value is -4.38. The van der Waals surface area contributed by atoms with Crippen LogP contribution in [0.1, 0.15) is 16.7 Å². The van der Waals surface area contributed by atoms with E-state index in [1.54, 1.807) is 18.2 Å². The summed E-state index contributed by atoms with van der Waals surface area (Å²) in [6.45, 7) is 4.31. The lowest BCUT2D eigenvalue weighted by molar-refractivity contribution is 0.296. The van der Waals surface area contributed by atoms with Crippen LogP contribution in [-0.2, 0) is 22.9 Å². The Balaban J connectivity index is 0.000000217.